The van der Waals surface area contributed by atoms with Crippen molar-refractivity contribution in [1.29, 1.82) is 0 Å². The van der Waals surface area contributed by atoms with Crippen molar-refractivity contribution in [2.45, 2.75) is 6.61 Å². The Balaban J connectivity index is 2.13. The van der Waals surface area contributed by atoms with Crippen molar-refractivity contribution in [3.05, 3.63) is 58.1 Å². The van der Waals surface area contributed by atoms with E-state index < -0.39 is 5.82 Å². The first kappa shape index (κ1) is 12.8. The van der Waals surface area contributed by atoms with E-state index in [4.69, 9.17) is 10.5 Å². The number of hydrogen-bond acceptors (Lipinski definition) is 2. The third-order valence-electron chi connectivity index (χ3n) is 2.36. The lowest BCUT2D eigenvalue weighted by Crippen LogP contribution is -2.01. The van der Waals surface area contributed by atoms with Crippen LogP contribution < -0.4 is 10.5 Å². The number of nitrogens with two attached hydrogens (primary N) is 1. The number of hydrogen-bond donors (Lipinski definition) is 1. The van der Waals surface area contributed by atoms with Crippen molar-refractivity contribution in [3.8, 4) is 5.75 Å². The summed E-state index contributed by atoms with van der Waals surface area (Å²) in [5.74, 6) is -0.469. The van der Waals surface area contributed by atoms with E-state index in [1.165, 1.54) is 18.2 Å². The SMILES string of the molecule is Nc1cc(F)ccc1OCc1cc(Br)ccc1F. The third-order valence-corrected chi connectivity index (χ3v) is 2.86. The van der Waals surface area contributed by atoms with Crippen LogP contribution in [0.4, 0.5) is 14.5 Å². The van der Waals surface area contributed by atoms with Gasteiger partial charge in [-0.2, -0.15) is 0 Å². The van der Waals surface area contributed by atoms with Crippen LogP contribution in [0, 0.1) is 11.6 Å². The molecule has 94 valence electrons. The Morgan fingerprint density at radius 3 is 2.61 bits per heavy atom. The van der Waals surface area contributed by atoms with Crippen LogP contribution in [0.1, 0.15) is 5.56 Å². The van der Waals surface area contributed by atoms with E-state index in [0.717, 1.165) is 10.5 Å². The number of rotatable bonds is 3. The minimum atomic E-state index is -0.437. The number of halogens is 3. The van der Waals surface area contributed by atoms with Crippen molar-refractivity contribution >= 4 is 21.6 Å². The smallest absolute Gasteiger partial charge is 0.142 e. The first-order valence-corrected chi connectivity index (χ1v) is 5.97. The first-order chi connectivity index (χ1) is 8.56. The Morgan fingerprint density at radius 1 is 1.11 bits per heavy atom. The fourth-order valence-corrected chi connectivity index (χ4v) is 1.87. The van der Waals surface area contributed by atoms with Gasteiger partial charge < -0.3 is 10.5 Å². The maximum Gasteiger partial charge on any atom is 0.142 e. The average molecular weight is 314 g/mol. The monoisotopic (exact) mass is 313 g/mol. The summed E-state index contributed by atoms with van der Waals surface area (Å²) in [5, 5.41) is 0. The molecule has 2 rings (SSSR count). The van der Waals surface area contributed by atoms with Crippen LogP contribution >= 0.6 is 15.9 Å². The Kier molecular flexibility index (Phi) is 3.81. The van der Waals surface area contributed by atoms with Gasteiger partial charge in [0, 0.05) is 16.1 Å². The van der Waals surface area contributed by atoms with Gasteiger partial charge >= 0.3 is 0 Å². The van der Waals surface area contributed by atoms with Gasteiger partial charge in [0.25, 0.3) is 0 Å². The Bertz CT molecular complexity index is 575. The highest BCUT2D eigenvalue weighted by Crippen LogP contribution is 2.24. The molecule has 0 bridgehead atoms. The summed E-state index contributed by atoms with van der Waals surface area (Å²) in [6.07, 6.45) is 0. The summed E-state index contributed by atoms with van der Waals surface area (Å²) in [7, 11) is 0. The molecule has 0 unspecified atom stereocenters. The first-order valence-electron chi connectivity index (χ1n) is 5.18. The molecule has 0 heterocycles. The molecule has 0 spiro atoms. The van der Waals surface area contributed by atoms with E-state index in [1.807, 2.05) is 0 Å². The van der Waals surface area contributed by atoms with Crippen LogP contribution in [0.2, 0.25) is 0 Å². The van der Waals surface area contributed by atoms with Crippen LogP contribution in [0.5, 0.6) is 5.75 Å². The van der Waals surface area contributed by atoms with Crippen LogP contribution in [0.15, 0.2) is 40.9 Å². The largest absolute Gasteiger partial charge is 0.487 e. The van der Waals surface area contributed by atoms with Crippen LogP contribution in [0.25, 0.3) is 0 Å². The number of benzene rings is 2. The molecule has 0 saturated heterocycles. The zero-order valence-electron chi connectivity index (χ0n) is 9.29. The lowest BCUT2D eigenvalue weighted by molar-refractivity contribution is 0.301. The predicted octanol–water partition coefficient (Wildman–Crippen LogP) is 3.89. The van der Waals surface area contributed by atoms with Gasteiger partial charge in [-0.15, -0.1) is 0 Å². The summed E-state index contributed by atoms with van der Waals surface area (Å²) in [6.45, 7) is 0.0289. The molecule has 2 nitrogen and oxygen atoms in total. The van der Waals surface area contributed by atoms with Crippen LogP contribution in [-0.2, 0) is 6.61 Å². The second-order valence-corrected chi connectivity index (χ2v) is 4.62. The van der Waals surface area contributed by atoms with E-state index in [2.05, 4.69) is 15.9 Å². The number of anilines is 1. The molecule has 2 N–H and O–H groups in total. The molecule has 0 fully saturated rings. The van der Waals surface area contributed by atoms with Crippen molar-refractivity contribution in [2.24, 2.45) is 0 Å². The summed E-state index contributed by atoms with van der Waals surface area (Å²) >= 11 is 3.25. The standard InChI is InChI=1S/C13H10BrF2NO/c14-9-1-3-11(16)8(5-9)7-18-13-4-2-10(15)6-12(13)17/h1-6H,7,17H2. The topological polar surface area (TPSA) is 35.2 Å². The van der Waals surface area contributed by atoms with Crippen molar-refractivity contribution in [2.75, 3.05) is 5.73 Å². The molecule has 0 amide bonds. The molecule has 0 aliphatic rings. The number of nitrogen functional groups attached to an aromatic ring is 1. The molecular weight excluding hydrogens is 304 g/mol. The molecule has 0 aliphatic carbocycles. The van der Waals surface area contributed by atoms with Crippen molar-refractivity contribution in [3.63, 3.8) is 0 Å². The van der Waals surface area contributed by atoms with Gasteiger partial charge in [-0.25, -0.2) is 8.78 Å². The molecular formula is C13H10BrF2NO. The van der Waals surface area contributed by atoms with Gasteiger partial charge in [-0.05, 0) is 30.3 Å². The maximum atomic E-state index is 13.4. The zero-order valence-corrected chi connectivity index (χ0v) is 10.9. The summed E-state index contributed by atoms with van der Waals surface area (Å²) < 4.78 is 32.4. The summed E-state index contributed by atoms with van der Waals surface area (Å²) in [4.78, 5) is 0. The summed E-state index contributed by atoms with van der Waals surface area (Å²) in [5.41, 5.74) is 6.17. The molecule has 0 saturated carbocycles. The highest BCUT2D eigenvalue weighted by molar-refractivity contribution is 9.10. The van der Waals surface area contributed by atoms with Gasteiger partial charge in [0.05, 0.1) is 5.69 Å². The number of ether oxygens (including phenoxy) is 1. The third kappa shape index (κ3) is 2.98. The van der Waals surface area contributed by atoms with E-state index in [1.54, 1.807) is 12.1 Å². The van der Waals surface area contributed by atoms with Gasteiger partial charge in [-0.1, -0.05) is 15.9 Å². The second kappa shape index (κ2) is 5.35. The molecule has 0 aromatic heterocycles. The Hall–Kier alpha value is -1.62. The van der Waals surface area contributed by atoms with Gasteiger partial charge in [0.1, 0.15) is 24.0 Å². The van der Waals surface area contributed by atoms with E-state index >= 15 is 0 Å². The fourth-order valence-electron chi connectivity index (χ4n) is 1.46. The Labute approximate surface area is 112 Å². The Morgan fingerprint density at radius 2 is 1.89 bits per heavy atom. The van der Waals surface area contributed by atoms with E-state index in [0.29, 0.717) is 11.3 Å². The van der Waals surface area contributed by atoms with E-state index in [-0.39, 0.29) is 18.1 Å². The molecule has 18 heavy (non-hydrogen) atoms. The van der Waals surface area contributed by atoms with Gasteiger partial charge in [-0.3, -0.25) is 0 Å². The zero-order chi connectivity index (χ0) is 13.1. The normalized spacial score (nSPS) is 10.4. The van der Waals surface area contributed by atoms with Crippen molar-refractivity contribution < 1.29 is 13.5 Å². The minimum absolute atomic E-state index is 0.0289. The lowest BCUT2D eigenvalue weighted by Gasteiger charge is -2.09. The predicted molar refractivity (Wildman–Crippen MR) is 69.2 cm³/mol. The fraction of sp³-hybridized carbons (Fsp3) is 0.0769. The van der Waals surface area contributed by atoms with Gasteiger partial charge in [0.15, 0.2) is 0 Å². The average Bonchev–Trinajstić information content (AvgIpc) is 2.32. The molecule has 0 atom stereocenters. The molecule has 0 radical (unpaired) electrons. The quantitative estimate of drug-likeness (QED) is 0.873. The molecule has 0 aliphatic heterocycles. The minimum Gasteiger partial charge on any atom is -0.487 e. The lowest BCUT2D eigenvalue weighted by atomic mass is 10.2. The second-order valence-electron chi connectivity index (χ2n) is 3.71. The summed E-state index contributed by atoms with van der Waals surface area (Å²) in [6, 6.07) is 8.38. The highest BCUT2D eigenvalue weighted by atomic mass is 79.9. The molecule has 5 heteroatoms. The van der Waals surface area contributed by atoms with Crippen molar-refractivity contribution in [1.82, 2.24) is 0 Å². The van der Waals surface area contributed by atoms with Gasteiger partial charge in [0.2, 0.25) is 0 Å². The maximum absolute atomic E-state index is 13.4. The van der Waals surface area contributed by atoms with E-state index in [9.17, 15) is 8.78 Å². The molecule has 2 aromatic carbocycles. The van der Waals surface area contributed by atoms with Crippen LogP contribution in [0.3, 0.4) is 0 Å². The molecule has 2 aromatic rings. The highest BCUT2D eigenvalue weighted by Gasteiger charge is 2.06. The van der Waals surface area contributed by atoms with Crippen LogP contribution in [-0.4, -0.2) is 0 Å².